The summed E-state index contributed by atoms with van der Waals surface area (Å²) in [7, 11) is 3.65. The maximum atomic E-state index is 12.7. The average molecular weight is 343 g/mol. The SMILES string of the molecule is COC1CCCCC1NC(=O)[C@H]1CNC[C@@H]1c1cnn(C)c1.Cl. The lowest BCUT2D eigenvalue weighted by Crippen LogP contribution is -2.48. The minimum Gasteiger partial charge on any atom is -0.379 e. The van der Waals surface area contributed by atoms with Gasteiger partial charge in [0.1, 0.15) is 0 Å². The van der Waals surface area contributed by atoms with Crippen LogP contribution in [0.1, 0.15) is 37.2 Å². The Morgan fingerprint density at radius 1 is 1.39 bits per heavy atom. The van der Waals surface area contributed by atoms with E-state index < -0.39 is 0 Å². The Balaban J connectivity index is 0.00000192. The van der Waals surface area contributed by atoms with Crippen molar-refractivity contribution in [2.75, 3.05) is 20.2 Å². The van der Waals surface area contributed by atoms with Crippen LogP contribution < -0.4 is 10.6 Å². The van der Waals surface area contributed by atoms with Crippen molar-refractivity contribution < 1.29 is 9.53 Å². The smallest absolute Gasteiger partial charge is 0.225 e. The van der Waals surface area contributed by atoms with Crippen LogP contribution in [0, 0.1) is 5.92 Å². The molecule has 130 valence electrons. The van der Waals surface area contributed by atoms with E-state index in [1.807, 2.05) is 19.4 Å². The third-order valence-electron chi connectivity index (χ3n) is 5.04. The lowest BCUT2D eigenvalue weighted by atomic mass is 9.88. The number of halogens is 1. The fourth-order valence-electron chi connectivity index (χ4n) is 3.77. The molecule has 2 aliphatic rings. The lowest BCUT2D eigenvalue weighted by molar-refractivity contribution is -0.127. The molecular weight excluding hydrogens is 316 g/mol. The second kappa shape index (κ2) is 8.13. The van der Waals surface area contributed by atoms with Crippen LogP contribution >= 0.6 is 12.4 Å². The first-order valence-corrected chi connectivity index (χ1v) is 8.21. The first-order chi connectivity index (χ1) is 10.7. The van der Waals surface area contributed by atoms with Gasteiger partial charge in [-0.3, -0.25) is 9.48 Å². The molecule has 0 bridgehead atoms. The molecular formula is C16H27ClN4O2. The number of nitrogens with zero attached hydrogens (tertiary/aromatic N) is 2. The summed E-state index contributed by atoms with van der Waals surface area (Å²) in [6.07, 6.45) is 8.45. The predicted molar refractivity (Wildman–Crippen MR) is 90.8 cm³/mol. The van der Waals surface area contributed by atoms with Crippen molar-refractivity contribution in [3.63, 3.8) is 0 Å². The van der Waals surface area contributed by atoms with Crippen molar-refractivity contribution in [2.45, 2.75) is 43.7 Å². The molecule has 3 rings (SSSR count). The number of amides is 1. The largest absolute Gasteiger partial charge is 0.379 e. The van der Waals surface area contributed by atoms with Crippen molar-refractivity contribution in [1.82, 2.24) is 20.4 Å². The maximum Gasteiger partial charge on any atom is 0.225 e. The summed E-state index contributed by atoms with van der Waals surface area (Å²) in [6, 6.07) is 0.154. The summed E-state index contributed by atoms with van der Waals surface area (Å²) < 4.78 is 7.33. The molecule has 1 amide bonds. The fraction of sp³-hybridized carbons (Fsp3) is 0.750. The van der Waals surface area contributed by atoms with Crippen LogP contribution in [-0.4, -0.2) is 48.0 Å². The zero-order valence-corrected chi connectivity index (χ0v) is 14.6. The van der Waals surface area contributed by atoms with E-state index in [1.165, 1.54) is 12.8 Å². The molecule has 2 heterocycles. The molecule has 1 aliphatic carbocycles. The third-order valence-corrected chi connectivity index (χ3v) is 5.04. The Labute approximate surface area is 143 Å². The number of hydrogen-bond acceptors (Lipinski definition) is 4. The van der Waals surface area contributed by atoms with E-state index in [-0.39, 0.29) is 42.3 Å². The molecule has 2 unspecified atom stereocenters. The third kappa shape index (κ3) is 4.05. The van der Waals surface area contributed by atoms with Gasteiger partial charge < -0.3 is 15.4 Å². The Hall–Kier alpha value is -1.11. The summed E-state index contributed by atoms with van der Waals surface area (Å²) in [5.74, 6) is 0.328. The summed E-state index contributed by atoms with van der Waals surface area (Å²) in [4.78, 5) is 12.7. The van der Waals surface area contributed by atoms with Crippen LogP contribution in [0.3, 0.4) is 0 Å². The second-order valence-electron chi connectivity index (χ2n) is 6.49. The van der Waals surface area contributed by atoms with Gasteiger partial charge in [0.15, 0.2) is 0 Å². The van der Waals surface area contributed by atoms with Crippen LogP contribution in [0.2, 0.25) is 0 Å². The standard InChI is InChI=1S/C16H26N4O2.ClH/c1-20-10-11(7-18-20)12-8-17-9-13(12)16(21)19-14-5-3-4-6-15(14)22-2;/h7,10,12-15,17H,3-6,8-9H2,1-2H3,(H,19,21);1H/t12-,13+,14?,15?;/m1./s1. The molecule has 2 N–H and O–H groups in total. The molecule has 0 radical (unpaired) electrons. The van der Waals surface area contributed by atoms with E-state index in [1.54, 1.807) is 11.8 Å². The van der Waals surface area contributed by atoms with E-state index in [2.05, 4.69) is 15.7 Å². The van der Waals surface area contributed by atoms with E-state index in [9.17, 15) is 4.79 Å². The first kappa shape index (κ1) is 18.2. The number of methoxy groups -OCH3 is 1. The van der Waals surface area contributed by atoms with Gasteiger partial charge in [-0.1, -0.05) is 12.8 Å². The van der Waals surface area contributed by atoms with Gasteiger partial charge >= 0.3 is 0 Å². The van der Waals surface area contributed by atoms with Crippen molar-refractivity contribution in [3.8, 4) is 0 Å². The minimum absolute atomic E-state index is 0. The highest BCUT2D eigenvalue weighted by atomic mass is 35.5. The minimum atomic E-state index is -0.0244. The number of hydrogen-bond donors (Lipinski definition) is 2. The fourth-order valence-corrected chi connectivity index (χ4v) is 3.77. The molecule has 0 aromatic carbocycles. The average Bonchev–Trinajstić information content (AvgIpc) is 3.16. The van der Waals surface area contributed by atoms with Crippen LogP contribution in [0.15, 0.2) is 12.4 Å². The van der Waals surface area contributed by atoms with Gasteiger partial charge in [-0.2, -0.15) is 5.10 Å². The monoisotopic (exact) mass is 342 g/mol. The summed E-state index contributed by atoms with van der Waals surface area (Å²) in [5.41, 5.74) is 1.14. The molecule has 1 aromatic rings. The van der Waals surface area contributed by atoms with E-state index in [0.29, 0.717) is 0 Å². The topological polar surface area (TPSA) is 68.2 Å². The van der Waals surface area contributed by atoms with Crippen molar-refractivity contribution in [1.29, 1.82) is 0 Å². The molecule has 7 heteroatoms. The molecule has 6 nitrogen and oxygen atoms in total. The van der Waals surface area contributed by atoms with Gasteiger partial charge in [0, 0.05) is 39.4 Å². The number of carbonyl (C=O) groups excluding carboxylic acids is 1. The van der Waals surface area contributed by atoms with Crippen molar-refractivity contribution in [2.24, 2.45) is 13.0 Å². The number of carbonyl (C=O) groups is 1. The number of aromatic nitrogens is 2. The van der Waals surface area contributed by atoms with E-state index >= 15 is 0 Å². The van der Waals surface area contributed by atoms with Crippen molar-refractivity contribution in [3.05, 3.63) is 18.0 Å². The van der Waals surface area contributed by atoms with E-state index in [4.69, 9.17) is 4.74 Å². The zero-order valence-electron chi connectivity index (χ0n) is 13.8. The summed E-state index contributed by atoms with van der Waals surface area (Å²) in [6.45, 7) is 1.57. The molecule has 0 spiro atoms. The number of rotatable bonds is 4. The van der Waals surface area contributed by atoms with Crippen LogP contribution in [-0.2, 0) is 16.6 Å². The highest BCUT2D eigenvalue weighted by Crippen LogP contribution is 2.29. The Kier molecular flexibility index (Phi) is 6.44. The lowest BCUT2D eigenvalue weighted by Gasteiger charge is -2.32. The molecule has 2 fully saturated rings. The number of aryl methyl sites for hydroxylation is 1. The van der Waals surface area contributed by atoms with Crippen LogP contribution in [0.5, 0.6) is 0 Å². The number of nitrogens with one attached hydrogen (secondary N) is 2. The van der Waals surface area contributed by atoms with Gasteiger partial charge in [-0.25, -0.2) is 0 Å². The molecule has 1 saturated heterocycles. The molecule has 1 saturated carbocycles. The Morgan fingerprint density at radius 2 is 2.17 bits per heavy atom. The molecule has 4 atom stereocenters. The molecule has 23 heavy (non-hydrogen) atoms. The summed E-state index contributed by atoms with van der Waals surface area (Å²) in [5, 5.41) is 10.8. The van der Waals surface area contributed by atoms with Crippen LogP contribution in [0.4, 0.5) is 0 Å². The van der Waals surface area contributed by atoms with Gasteiger partial charge in [-0.15, -0.1) is 12.4 Å². The quantitative estimate of drug-likeness (QED) is 0.863. The molecule has 1 aliphatic heterocycles. The Morgan fingerprint density at radius 3 is 2.87 bits per heavy atom. The second-order valence-corrected chi connectivity index (χ2v) is 6.49. The predicted octanol–water partition coefficient (Wildman–Crippen LogP) is 1.22. The normalized spacial score (nSPS) is 30.7. The van der Waals surface area contributed by atoms with E-state index in [0.717, 1.165) is 31.5 Å². The maximum absolute atomic E-state index is 12.7. The Bertz CT molecular complexity index is 522. The van der Waals surface area contributed by atoms with Gasteiger partial charge in [-0.05, 0) is 18.4 Å². The highest BCUT2D eigenvalue weighted by Gasteiger charge is 2.36. The highest BCUT2D eigenvalue weighted by molar-refractivity contribution is 5.85. The zero-order chi connectivity index (χ0) is 15.5. The van der Waals surface area contributed by atoms with Crippen molar-refractivity contribution >= 4 is 18.3 Å². The van der Waals surface area contributed by atoms with Gasteiger partial charge in [0.2, 0.25) is 5.91 Å². The first-order valence-electron chi connectivity index (χ1n) is 8.21. The van der Waals surface area contributed by atoms with Gasteiger partial charge in [0.25, 0.3) is 0 Å². The molecule has 1 aromatic heterocycles. The van der Waals surface area contributed by atoms with Gasteiger partial charge in [0.05, 0.1) is 24.3 Å². The number of ether oxygens (including phenoxy) is 1. The van der Waals surface area contributed by atoms with Crippen LogP contribution in [0.25, 0.3) is 0 Å². The summed E-state index contributed by atoms with van der Waals surface area (Å²) >= 11 is 0.